The number of rotatable bonds is 6. The van der Waals surface area contributed by atoms with Crippen LogP contribution in [-0.4, -0.2) is 24.8 Å². The molecule has 4 heteroatoms. The standard InChI is InChI=1S/C17H20N2O2/c1-18-11-5-6-13-9-10-15(14-7-3-2-4-8-14)16(12-13)19-17(20)21/h2-4,7-10,12,18-19H,5-6,11H2,1H3,(H,20,21). The van der Waals surface area contributed by atoms with Crippen molar-refractivity contribution in [2.75, 3.05) is 18.9 Å². The first-order chi connectivity index (χ1) is 10.2. The van der Waals surface area contributed by atoms with E-state index in [0.29, 0.717) is 5.69 Å². The third-order valence-electron chi connectivity index (χ3n) is 3.30. The molecule has 0 unspecified atom stereocenters. The van der Waals surface area contributed by atoms with Crippen molar-refractivity contribution in [3.63, 3.8) is 0 Å². The van der Waals surface area contributed by atoms with E-state index in [1.54, 1.807) is 0 Å². The van der Waals surface area contributed by atoms with Crippen molar-refractivity contribution in [3.8, 4) is 11.1 Å². The van der Waals surface area contributed by atoms with Gasteiger partial charge in [-0.25, -0.2) is 4.79 Å². The Hall–Kier alpha value is -2.33. The van der Waals surface area contributed by atoms with Crippen molar-refractivity contribution in [1.29, 1.82) is 0 Å². The Morgan fingerprint density at radius 3 is 2.57 bits per heavy atom. The molecule has 0 fully saturated rings. The number of carboxylic acid groups (broad SMARTS) is 1. The third-order valence-corrected chi connectivity index (χ3v) is 3.30. The van der Waals surface area contributed by atoms with Crippen LogP contribution >= 0.6 is 0 Å². The van der Waals surface area contributed by atoms with Crippen LogP contribution in [0.2, 0.25) is 0 Å². The highest BCUT2D eigenvalue weighted by atomic mass is 16.4. The molecule has 4 nitrogen and oxygen atoms in total. The van der Waals surface area contributed by atoms with Crippen molar-refractivity contribution in [2.45, 2.75) is 12.8 Å². The number of aryl methyl sites for hydroxylation is 1. The summed E-state index contributed by atoms with van der Waals surface area (Å²) < 4.78 is 0. The molecule has 0 heterocycles. The fourth-order valence-corrected chi connectivity index (χ4v) is 2.30. The van der Waals surface area contributed by atoms with E-state index in [1.807, 2.05) is 49.5 Å². The summed E-state index contributed by atoms with van der Waals surface area (Å²) in [5.74, 6) is 0. The summed E-state index contributed by atoms with van der Waals surface area (Å²) in [6.07, 6.45) is 0.900. The first-order valence-electron chi connectivity index (χ1n) is 7.03. The Bertz CT molecular complexity index is 597. The lowest BCUT2D eigenvalue weighted by Gasteiger charge is -2.12. The number of hydrogen-bond acceptors (Lipinski definition) is 2. The molecule has 0 aliphatic rings. The molecule has 0 atom stereocenters. The zero-order chi connectivity index (χ0) is 15.1. The van der Waals surface area contributed by atoms with E-state index in [-0.39, 0.29) is 0 Å². The molecule has 0 saturated heterocycles. The number of carbonyl (C=O) groups is 1. The molecule has 110 valence electrons. The molecule has 3 N–H and O–H groups in total. The molecule has 2 aromatic rings. The van der Waals surface area contributed by atoms with Crippen LogP contribution in [0.4, 0.5) is 10.5 Å². The van der Waals surface area contributed by atoms with Gasteiger partial charge >= 0.3 is 6.09 Å². The van der Waals surface area contributed by atoms with Gasteiger partial charge in [0.25, 0.3) is 0 Å². The van der Waals surface area contributed by atoms with Crippen molar-refractivity contribution in [1.82, 2.24) is 5.32 Å². The summed E-state index contributed by atoms with van der Waals surface area (Å²) >= 11 is 0. The largest absolute Gasteiger partial charge is 0.465 e. The maximum absolute atomic E-state index is 11.0. The number of nitrogens with one attached hydrogen (secondary N) is 2. The molecule has 0 saturated carbocycles. The average Bonchev–Trinajstić information content (AvgIpc) is 2.48. The molecule has 2 aromatic carbocycles. The van der Waals surface area contributed by atoms with Gasteiger partial charge in [-0.1, -0.05) is 42.5 Å². The van der Waals surface area contributed by atoms with Crippen LogP contribution in [-0.2, 0) is 6.42 Å². The minimum atomic E-state index is -1.04. The van der Waals surface area contributed by atoms with Gasteiger partial charge in [0, 0.05) is 5.56 Å². The Morgan fingerprint density at radius 2 is 1.90 bits per heavy atom. The average molecular weight is 284 g/mol. The molecule has 2 rings (SSSR count). The first-order valence-corrected chi connectivity index (χ1v) is 7.03. The maximum Gasteiger partial charge on any atom is 0.409 e. The van der Waals surface area contributed by atoms with E-state index < -0.39 is 6.09 Å². The van der Waals surface area contributed by atoms with Crippen LogP contribution in [0.1, 0.15) is 12.0 Å². The summed E-state index contributed by atoms with van der Waals surface area (Å²) in [4.78, 5) is 11.0. The van der Waals surface area contributed by atoms with Gasteiger partial charge in [0.2, 0.25) is 0 Å². The van der Waals surface area contributed by atoms with Gasteiger partial charge in [0.05, 0.1) is 5.69 Å². The van der Waals surface area contributed by atoms with Crippen LogP contribution in [0, 0.1) is 0 Å². The van der Waals surface area contributed by atoms with Crippen LogP contribution in [0.5, 0.6) is 0 Å². The Kier molecular flexibility index (Phi) is 5.35. The quantitative estimate of drug-likeness (QED) is 0.710. The van der Waals surface area contributed by atoms with E-state index in [9.17, 15) is 4.79 Å². The molecule has 0 radical (unpaired) electrons. The lowest BCUT2D eigenvalue weighted by molar-refractivity contribution is 0.210. The summed E-state index contributed by atoms with van der Waals surface area (Å²) in [5.41, 5.74) is 3.67. The predicted molar refractivity (Wildman–Crippen MR) is 85.8 cm³/mol. The molecule has 0 spiro atoms. The molecule has 0 bridgehead atoms. The molecule has 21 heavy (non-hydrogen) atoms. The van der Waals surface area contributed by atoms with Gasteiger partial charge < -0.3 is 10.4 Å². The molecule has 0 aliphatic heterocycles. The summed E-state index contributed by atoms with van der Waals surface area (Å²) in [6.45, 7) is 0.947. The number of benzene rings is 2. The smallest absolute Gasteiger partial charge is 0.409 e. The second-order valence-electron chi connectivity index (χ2n) is 4.88. The summed E-state index contributed by atoms with van der Waals surface area (Å²) in [7, 11) is 1.93. The van der Waals surface area contributed by atoms with E-state index in [2.05, 4.69) is 16.7 Å². The van der Waals surface area contributed by atoms with Crippen LogP contribution < -0.4 is 10.6 Å². The monoisotopic (exact) mass is 284 g/mol. The Labute approximate surface area is 124 Å². The van der Waals surface area contributed by atoms with E-state index in [0.717, 1.165) is 36.1 Å². The third kappa shape index (κ3) is 4.33. The molecule has 0 aromatic heterocycles. The van der Waals surface area contributed by atoms with Crippen LogP contribution in [0.25, 0.3) is 11.1 Å². The number of anilines is 1. The van der Waals surface area contributed by atoms with Crippen molar-refractivity contribution in [3.05, 3.63) is 54.1 Å². The van der Waals surface area contributed by atoms with E-state index in [4.69, 9.17) is 5.11 Å². The highest BCUT2D eigenvalue weighted by molar-refractivity contribution is 5.90. The summed E-state index contributed by atoms with van der Waals surface area (Å²) in [6, 6.07) is 15.7. The van der Waals surface area contributed by atoms with Gasteiger partial charge in [-0.15, -0.1) is 0 Å². The van der Waals surface area contributed by atoms with Crippen molar-refractivity contribution in [2.24, 2.45) is 0 Å². The Balaban J connectivity index is 2.29. The zero-order valence-electron chi connectivity index (χ0n) is 12.1. The zero-order valence-corrected chi connectivity index (χ0v) is 12.1. The molecule has 0 aliphatic carbocycles. The highest BCUT2D eigenvalue weighted by Crippen LogP contribution is 2.29. The van der Waals surface area contributed by atoms with E-state index in [1.165, 1.54) is 0 Å². The van der Waals surface area contributed by atoms with Gasteiger partial charge in [-0.05, 0) is 43.6 Å². The van der Waals surface area contributed by atoms with Gasteiger partial charge in [0.15, 0.2) is 0 Å². The highest BCUT2D eigenvalue weighted by Gasteiger charge is 2.08. The molecule has 1 amide bonds. The van der Waals surface area contributed by atoms with E-state index >= 15 is 0 Å². The molecular weight excluding hydrogens is 264 g/mol. The first kappa shape index (κ1) is 15.1. The molecular formula is C17H20N2O2. The fraction of sp³-hybridized carbons (Fsp3) is 0.235. The maximum atomic E-state index is 11.0. The summed E-state index contributed by atoms with van der Waals surface area (Å²) in [5, 5.41) is 14.6. The topological polar surface area (TPSA) is 61.4 Å². The fourth-order valence-electron chi connectivity index (χ4n) is 2.30. The van der Waals surface area contributed by atoms with Crippen LogP contribution in [0.3, 0.4) is 0 Å². The minimum absolute atomic E-state index is 0.635. The number of hydrogen-bond donors (Lipinski definition) is 3. The minimum Gasteiger partial charge on any atom is -0.465 e. The lowest BCUT2D eigenvalue weighted by Crippen LogP contribution is -2.10. The SMILES string of the molecule is CNCCCc1ccc(-c2ccccc2)c(NC(=O)O)c1. The van der Waals surface area contributed by atoms with Gasteiger partial charge in [0.1, 0.15) is 0 Å². The van der Waals surface area contributed by atoms with Gasteiger partial charge in [-0.3, -0.25) is 5.32 Å². The normalized spacial score (nSPS) is 10.3. The van der Waals surface area contributed by atoms with Crippen molar-refractivity contribution >= 4 is 11.8 Å². The van der Waals surface area contributed by atoms with Crippen LogP contribution in [0.15, 0.2) is 48.5 Å². The van der Waals surface area contributed by atoms with Gasteiger partial charge in [-0.2, -0.15) is 0 Å². The predicted octanol–water partition coefficient (Wildman–Crippen LogP) is 3.60. The Morgan fingerprint density at radius 1 is 1.14 bits per heavy atom. The van der Waals surface area contributed by atoms with Crippen molar-refractivity contribution < 1.29 is 9.90 Å². The lowest BCUT2D eigenvalue weighted by atomic mass is 9.99. The second-order valence-corrected chi connectivity index (χ2v) is 4.88. The number of amides is 1. The second kappa shape index (κ2) is 7.45.